The van der Waals surface area contributed by atoms with Crippen molar-refractivity contribution in [3.63, 3.8) is 0 Å². The molecule has 0 aromatic heterocycles. The Balaban J connectivity index is 4.03. The molecule has 1 atom stereocenters. The molecule has 0 radical (unpaired) electrons. The lowest BCUT2D eigenvalue weighted by atomic mass is 10.0. The predicted molar refractivity (Wildman–Crippen MR) is 297 cm³/mol. The first-order valence-corrected chi connectivity index (χ1v) is 28.7. The second-order valence-electron chi connectivity index (χ2n) is 18.8. The molecule has 0 fully saturated rings. The topological polar surface area (TPSA) is 78.9 Å². The van der Waals surface area contributed by atoms with Crippen LogP contribution in [0.1, 0.15) is 265 Å². The van der Waals surface area contributed by atoms with Gasteiger partial charge in [0.25, 0.3) is 0 Å². The maximum Gasteiger partial charge on any atom is 0.306 e. The average Bonchev–Trinajstić information content (AvgIpc) is 3.35. The van der Waals surface area contributed by atoms with Gasteiger partial charge in [0.05, 0.1) is 0 Å². The van der Waals surface area contributed by atoms with Crippen LogP contribution in [0.15, 0.2) is 97.2 Å². The third-order valence-corrected chi connectivity index (χ3v) is 12.1. The van der Waals surface area contributed by atoms with Crippen LogP contribution in [-0.2, 0) is 28.6 Å². The van der Waals surface area contributed by atoms with Gasteiger partial charge < -0.3 is 14.2 Å². The van der Waals surface area contributed by atoms with E-state index in [1.807, 2.05) is 0 Å². The summed E-state index contributed by atoms with van der Waals surface area (Å²) >= 11 is 0. The molecule has 0 saturated carbocycles. The Kier molecular flexibility index (Phi) is 53.9. The van der Waals surface area contributed by atoms with E-state index in [2.05, 4.69) is 118 Å². The SMILES string of the molecule is CC/C=C\C/C=C\C/C=C\C/C=C\C/C=C\C/C=C\C/C=C\CCCCCCCCCCCCCC(=O)OCC(COC(=O)CCCCCCCC)OC(=O)CCCCCCC/C=C\CCCCC. The monoisotopic (exact) mass is 959 g/mol. The summed E-state index contributed by atoms with van der Waals surface area (Å²) in [5, 5.41) is 0. The lowest BCUT2D eigenvalue weighted by Crippen LogP contribution is -2.30. The third kappa shape index (κ3) is 55.1. The van der Waals surface area contributed by atoms with Crippen LogP contribution in [0.5, 0.6) is 0 Å². The quantitative estimate of drug-likeness (QED) is 0.0262. The molecular formula is C63H106O6. The normalized spacial score (nSPS) is 12.8. The molecule has 69 heavy (non-hydrogen) atoms. The van der Waals surface area contributed by atoms with Crippen LogP contribution in [0.4, 0.5) is 0 Å². The molecule has 0 amide bonds. The third-order valence-electron chi connectivity index (χ3n) is 12.1. The fraction of sp³-hybridized carbons (Fsp3) is 0.698. The van der Waals surface area contributed by atoms with Crippen LogP contribution in [0.2, 0.25) is 0 Å². The second-order valence-corrected chi connectivity index (χ2v) is 18.8. The maximum absolute atomic E-state index is 12.7. The maximum atomic E-state index is 12.7. The number of allylic oxidation sites excluding steroid dienone is 16. The van der Waals surface area contributed by atoms with Crippen molar-refractivity contribution in [3.05, 3.63) is 97.2 Å². The summed E-state index contributed by atoms with van der Waals surface area (Å²) in [5.74, 6) is -0.902. The van der Waals surface area contributed by atoms with Gasteiger partial charge in [-0.2, -0.15) is 0 Å². The molecule has 394 valence electrons. The first kappa shape index (κ1) is 65.3. The van der Waals surface area contributed by atoms with E-state index in [0.29, 0.717) is 19.3 Å². The molecule has 0 aliphatic carbocycles. The number of unbranched alkanes of at least 4 members (excludes halogenated alkanes) is 24. The fourth-order valence-electron chi connectivity index (χ4n) is 7.77. The van der Waals surface area contributed by atoms with Gasteiger partial charge in [-0.25, -0.2) is 0 Å². The smallest absolute Gasteiger partial charge is 0.306 e. The molecule has 0 aromatic rings. The molecule has 6 nitrogen and oxygen atoms in total. The fourth-order valence-corrected chi connectivity index (χ4v) is 7.77. The summed E-state index contributed by atoms with van der Waals surface area (Å²) < 4.78 is 16.7. The highest BCUT2D eigenvalue weighted by Crippen LogP contribution is 2.15. The van der Waals surface area contributed by atoms with Gasteiger partial charge in [0, 0.05) is 19.3 Å². The number of carbonyl (C=O) groups excluding carboxylic acids is 3. The zero-order valence-electron chi connectivity index (χ0n) is 45.0. The van der Waals surface area contributed by atoms with Gasteiger partial charge in [-0.15, -0.1) is 0 Å². The summed E-state index contributed by atoms with van der Waals surface area (Å²) in [6, 6.07) is 0. The molecular weight excluding hydrogens is 853 g/mol. The van der Waals surface area contributed by atoms with Crippen molar-refractivity contribution in [3.8, 4) is 0 Å². The van der Waals surface area contributed by atoms with Gasteiger partial charge >= 0.3 is 17.9 Å². The van der Waals surface area contributed by atoms with Crippen LogP contribution in [0.3, 0.4) is 0 Å². The molecule has 0 heterocycles. The summed E-state index contributed by atoms with van der Waals surface area (Å²) in [7, 11) is 0. The standard InChI is InChI=1S/C63H106O6/c1-4-7-10-13-16-18-20-22-23-24-25-26-27-28-29-30-31-32-33-34-35-36-37-38-39-40-41-42-44-45-47-50-53-56-62(65)68-59-60(58-67-61(64)55-52-49-15-12-9-6-3)69-63(66)57-54-51-48-46-43-21-19-17-14-11-8-5-2/h7,10,16-19,22-23,25-26,28-29,31-32,34-35,60H,4-6,8-9,11-15,20-21,24,27,30,33,36-59H2,1-3H3/b10-7-,18-16-,19-17-,23-22-,26-25-,29-28-,32-31-,35-34-. The van der Waals surface area contributed by atoms with Crippen molar-refractivity contribution in [1.82, 2.24) is 0 Å². The van der Waals surface area contributed by atoms with Gasteiger partial charge in [-0.3, -0.25) is 14.4 Å². The zero-order valence-corrected chi connectivity index (χ0v) is 45.0. The second kappa shape index (κ2) is 56.9. The average molecular weight is 960 g/mol. The summed E-state index contributed by atoms with van der Waals surface area (Å²) in [6.07, 6.45) is 75.8. The van der Waals surface area contributed by atoms with E-state index in [-0.39, 0.29) is 31.1 Å². The van der Waals surface area contributed by atoms with Crippen molar-refractivity contribution in [2.45, 2.75) is 271 Å². The van der Waals surface area contributed by atoms with E-state index in [1.165, 1.54) is 109 Å². The molecule has 0 rings (SSSR count). The number of hydrogen-bond donors (Lipinski definition) is 0. The van der Waals surface area contributed by atoms with Crippen molar-refractivity contribution in [2.75, 3.05) is 13.2 Å². The lowest BCUT2D eigenvalue weighted by Gasteiger charge is -2.18. The van der Waals surface area contributed by atoms with Crippen molar-refractivity contribution in [2.24, 2.45) is 0 Å². The summed E-state index contributed by atoms with van der Waals surface area (Å²) in [5.41, 5.74) is 0. The Bertz CT molecular complexity index is 1380. The van der Waals surface area contributed by atoms with E-state index >= 15 is 0 Å². The van der Waals surface area contributed by atoms with Crippen LogP contribution in [0.25, 0.3) is 0 Å². The predicted octanol–water partition coefficient (Wildman–Crippen LogP) is 19.3. The highest BCUT2D eigenvalue weighted by molar-refractivity contribution is 5.71. The first-order chi connectivity index (χ1) is 34.0. The molecule has 1 unspecified atom stereocenters. The van der Waals surface area contributed by atoms with Crippen molar-refractivity contribution >= 4 is 17.9 Å². The Labute approximate surface area is 426 Å². The van der Waals surface area contributed by atoms with Gasteiger partial charge in [-0.1, -0.05) is 240 Å². The Morgan fingerprint density at radius 1 is 0.304 bits per heavy atom. The van der Waals surface area contributed by atoms with E-state index in [1.54, 1.807) is 0 Å². The van der Waals surface area contributed by atoms with Gasteiger partial charge in [0.15, 0.2) is 6.10 Å². The molecule has 0 aliphatic heterocycles. The highest BCUT2D eigenvalue weighted by atomic mass is 16.6. The molecule has 0 bridgehead atoms. The number of hydrogen-bond acceptors (Lipinski definition) is 6. The number of ether oxygens (including phenoxy) is 3. The minimum Gasteiger partial charge on any atom is -0.462 e. The van der Waals surface area contributed by atoms with E-state index in [9.17, 15) is 14.4 Å². The van der Waals surface area contributed by atoms with Crippen LogP contribution in [0, 0.1) is 0 Å². The van der Waals surface area contributed by atoms with Crippen LogP contribution >= 0.6 is 0 Å². The molecule has 6 heteroatoms. The number of esters is 3. The highest BCUT2D eigenvalue weighted by Gasteiger charge is 2.19. The first-order valence-electron chi connectivity index (χ1n) is 28.7. The summed E-state index contributed by atoms with van der Waals surface area (Å²) in [4.78, 5) is 37.8. The van der Waals surface area contributed by atoms with Gasteiger partial charge in [0.2, 0.25) is 0 Å². The Morgan fingerprint density at radius 2 is 0.565 bits per heavy atom. The summed E-state index contributed by atoms with van der Waals surface area (Å²) in [6.45, 7) is 6.43. The molecule has 0 N–H and O–H groups in total. The van der Waals surface area contributed by atoms with E-state index in [0.717, 1.165) is 116 Å². The minimum atomic E-state index is -0.777. The van der Waals surface area contributed by atoms with E-state index < -0.39 is 6.10 Å². The van der Waals surface area contributed by atoms with Gasteiger partial charge in [-0.05, 0) is 103 Å². The van der Waals surface area contributed by atoms with Crippen molar-refractivity contribution in [1.29, 1.82) is 0 Å². The number of carbonyl (C=O) groups is 3. The molecule has 0 spiro atoms. The zero-order chi connectivity index (χ0) is 50.0. The van der Waals surface area contributed by atoms with Crippen LogP contribution in [-0.4, -0.2) is 37.2 Å². The Hall–Kier alpha value is -3.67. The van der Waals surface area contributed by atoms with Crippen molar-refractivity contribution < 1.29 is 28.6 Å². The molecule has 0 aromatic carbocycles. The minimum absolute atomic E-state index is 0.0800. The van der Waals surface area contributed by atoms with Gasteiger partial charge in [0.1, 0.15) is 13.2 Å². The van der Waals surface area contributed by atoms with Crippen LogP contribution < -0.4 is 0 Å². The number of rotatable bonds is 51. The molecule has 0 saturated heterocycles. The van der Waals surface area contributed by atoms with E-state index in [4.69, 9.17) is 14.2 Å². The lowest BCUT2D eigenvalue weighted by molar-refractivity contribution is -0.167. The Morgan fingerprint density at radius 3 is 0.928 bits per heavy atom. The largest absolute Gasteiger partial charge is 0.462 e. The molecule has 0 aliphatic rings.